The normalized spacial score (nSPS) is 18.8. The van der Waals surface area contributed by atoms with Crippen molar-refractivity contribution in [3.8, 4) is 0 Å². The molecule has 1 aliphatic rings. The molecule has 1 heterocycles. The van der Waals surface area contributed by atoms with Crippen molar-refractivity contribution in [3.05, 3.63) is 12.7 Å². The van der Waals surface area contributed by atoms with Crippen LogP contribution in [0, 0.1) is 0 Å². The number of thioether (sulfide) groups is 1. The van der Waals surface area contributed by atoms with Crippen molar-refractivity contribution in [2.45, 2.75) is 12.5 Å². The first kappa shape index (κ1) is 11.8. The minimum atomic E-state index is -1.18. The lowest BCUT2D eigenvalue weighted by Gasteiger charge is -2.29. The van der Waals surface area contributed by atoms with E-state index in [9.17, 15) is 14.4 Å². The molecule has 0 radical (unpaired) electrons. The largest absolute Gasteiger partial charge is 0.480 e. The van der Waals surface area contributed by atoms with Crippen molar-refractivity contribution in [1.29, 1.82) is 0 Å². The topological polar surface area (TPSA) is 74.7 Å². The minimum Gasteiger partial charge on any atom is -0.480 e. The van der Waals surface area contributed by atoms with Crippen LogP contribution in [0.3, 0.4) is 0 Å². The molecule has 1 saturated heterocycles. The maximum atomic E-state index is 11.4. The molecule has 2 amide bonds. The molecule has 0 aromatic heterocycles. The number of imide groups is 1. The van der Waals surface area contributed by atoms with E-state index >= 15 is 0 Å². The van der Waals surface area contributed by atoms with Crippen molar-refractivity contribution in [1.82, 2.24) is 4.90 Å². The number of amides is 2. The Morgan fingerprint density at radius 2 is 2.07 bits per heavy atom. The van der Waals surface area contributed by atoms with Crippen LogP contribution in [0.5, 0.6) is 0 Å². The standard InChI is InChI=1S/C9H11NO4S/c1-2-3-6(9(13)14)10-7(11)4-15-5-8(10)12/h2,6H,1,3-5H2,(H,13,14). The van der Waals surface area contributed by atoms with Crippen LogP contribution in [0.25, 0.3) is 0 Å². The van der Waals surface area contributed by atoms with Gasteiger partial charge in [-0.3, -0.25) is 14.5 Å². The van der Waals surface area contributed by atoms with Gasteiger partial charge < -0.3 is 5.11 Å². The number of carboxylic acid groups (broad SMARTS) is 1. The summed E-state index contributed by atoms with van der Waals surface area (Å²) in [7, 11) is 0. The van der Waals surface area contributed by atoms with Gasteiger partial charge in [0.2, 0.25) is 11.8 Å². The predicted octanol–water partition coefficient (Wildman–Crippen LogP) is 0.118. The van der Waals surface area contributed by atoms with E-state index in [1.54, 1.807) is 0 Å². The van der Waals surface area contributed by atoms with E-state index in [4.69, 9.17) is 5.11 Å². The monoisotopic (exact) mass is 229 g/mol. The summed E-state index contributed by atoms with van der Waals surface area (Å²) >= 11 is 1.20. The lowest BCUT2D eigenvalue weighted by Crippen LogP contribution is -2.52. The molecule has 1 fully saturated rings. The Kier molecular flexibility index (Phi) is 3.90. The van der Waals surface area contributed by atoms with Crippen LogP contribution < -0.4 is 0 Å². The van der Waals surface area contributed by atoms with E-state index in [0.29, 0.717) is 0 Å². The van der Waals surface area contributed by atoms with Gasteiger partial charge in [-0.15, -0.1) is 18.3 Å². The quantitative estimate of drug-likeness (QED) is 0.547. The molecule has 0 spiro atoms. The highest BCUT2D eigenvalue weighted by molar-refractivity contribution is 8.00. The van der Waals surface area contributed by atoms with Crippen LogP contribution in [0.15, 0.2) is 12.7 Å². The van der Waals surface area contributed by atoms with Gasteiger partial charge in [-0.05, 0) is 6.42 Å². The number of aliphatic carboxylic acids is 1. The number of carbonyl (C=O) groups excluding carboxylic acids is 2. The summed E-state index contributed by atoms with van der Waals surface area (Å²) in [6.07, 6.45) is 1.47. The zero-order valence-corrected chi connectivity index (χ0v) is 8.83. The molecule has 0 aliphatic carbocycles. The molecule has 0 bridgehead atoms. The Bertz CT molecular complexity index is 299. The van der Waals surface area contributed by atoms with E-state index < -0.39 is 23.8 Å². The van der Waals surface area contributed by atoms with Crippen LogP contribution in [0.4, 0.5) is 0 Å². The maximum Gasteiger partial charge on any atom is 0.327 e. The molecule has 82 valence electrons. The third-order valence-corrected chi connectivity index (χ3v) is 2.88. The lowest BCUT2D eigenvalue weighted by atomic mass is 10.1. The van der Waals surface area contributed by atoms with E-state index in [1.807, 2.05) is 0 Å². The molecule has 15 heavy (non-hydrogen) atoms. The minimum absolute atomic E-state index is 0.0808. The third kappa shape index (κ3) is 2.59. The average Bonchev–Trinajstić information content (AvgIpc) is 2.15. The lowest BCUT2D eigenvalue weighted by molar-refractivity contribution is -0.156. The van der Waals surface area contributed by atoms with Gasteiger partial charge in [-0.25, -0.2) is 4.79 Å². The van der Waals surface area contributed by atoms with Gasteiger partial charge in [-0.2, -0.15) is 0 Å². The second-order valence-corrected chi connectivity index (χ2v) is 4.01. The first-order chi connectivity index (χ1) is 7.07. The van der Waals surface area contributed by atoms with Crippen molar-refractivity contribution in [2.75, 3.05) is 11.5 Å². The van der Waals surface area contributed by atoms with Gasteiger partial charge in [-0.1, -0.05) is 6.08 Å². The zero-order chi connectivity index (χ0) is 11.4. The van der Waals surface area contributed by atoms with Crippen molar-refractivity contribution < 1.29 is 19.5 Å². The molecule has 1 atom stereocenters. The van der Waals surface area contributed by atoms with Gasteiger partial charge >= 0.3 is 5.97 Å². The van der Waals surface area contributed by atoms with Crippen molar-refractivity contribution in [2.24, 2.45) is 0 Å². The fourth-order valence-corrected chi connectivity index (χ4v) is 2.06. The second-order valence-electron chi connectivity index (χ2n) is 3.03. The number of rotatable bonds is 4. The van der Waals surface area contributed by atoms with Gasteiger partial charge in [0.05, 0.1) is 11.5 Å². The van der Waals surface area contributed by atoms with E-state index in [0.717, 1.165) is 4.90 Å². The molecule has 0 saturated carbocycles. The number of hydrogen-bond acceptors (Lipinski definition) is 4. The van der Waals surface area contributed by atoms with Gasteiger partial charge in [0.15, 0.2) is 0 Å². The molecule has 1 unspecified atom stereocenters. The number of nitrogens with zero attached hydrogens (tertiary/aromatic N) is 1. The maximum absolute atomic E-state index is 11.4. The van der Waals surface area contributed by atoms with Crippen molar-refractivity contribution in [3.63, 3.8) is 0 Å². The van der Waals surface area contributed by atoms with Crippen LogP contribution in [-0.4, -0.2) is 45.3 Å². The Labute approximate surface area is 91.1 Å². The Morgan fingerprint density at radius 1 is 1.53 bits per heavy atom. The molecule has 1 rings (SSSR count). The highest BCUT2D eigenvalue weighted by Gasteiger charge is 2.36. The smallest absolute Gasteiger partial charge is 0.327 e. The zero-order valence-electron chi connectivity index (χ0n) is 8.01. The number of carboxylic acids is 1. The van der Waals surface area contributed by atoms with Gasteiger partial charge in [0, 0.05) is 0 Å². The molecule has 5 nitrogen and oxygen atoms in total. The summed E-state index contributed by atoms with van der Waals surface area (Å²) in [5.41, 5.74) is 0. The van der Waals surface area contributed by atoms with Crippen LogP contribution in [-0.2, 0) is 14.4 Å². The third-order valence-electron chi connectivity index (χ3n) is 1.98. The van der Waals surface area contributed by atoms with E-state index in [2.05, 4.69) is 6.58 Å². The Hall–Kier alpha value is -1.30. The molecular formula is C9H11NO4S. The first-order valence-corrected chi connectivity index (χ1v) is 5.49. The van der Waals surface area contributed by atoms with Gasteiger partial charge in [0.25, 0.3) is 0 Å². The Balaban J connectivity index is 2.88. The second kappa shape index (κ2) is 4.97. The van der Waals surface area contributed by atoms with Gasteiger partial charge in [0.1, 0.15) is 6.04 Å². The highest BCUT2D eigenvalue weighted by atomic mass is 32.2. The highest BCUT2D eigenvalue weighted by Crippen LogP contribution is 2.17. The number of carbonyl (C=O) groups is 3. The molecular weight excluding hydrogens is 218 g/mol. The average molecular weight is 229 g/mol. The Morgan fingerprint density at radius 3 is 2.47 bits per heavy atom. The number of hydrogen-bond donors (Lipinski definition) is 1. The predicted molar refractivity (Wildman–Crippen MR) is 55.4 cm³/mol. The van der Waals surface area contributed by atoms with Crippen LogP contribution >= 0.6 is 11.8 Å². The fourth-order valence-electron chi connectivity index (χ4n) is 1.33. The molecule has 1 aliphatic heterocycles. The van der Waals surface area contributed by atoms with Crippen LogP contribution in [0.2, 0.25) is 0 Å². The molecule has 0 aromatic rings. The summed E-state index contributed by atoms with van der Waals surface area (Å²) in [5.74, 6) is -1.74. The summed E-state index contributed by atoms with van der Waals surface area (Å²) in [6, 6.07) is -1.11. The SMILES string of the molecule is C=CCC(C(=O)O)N1C(=O)CSCC1=O. The molecule has 1 N–H and O–H groups in total. The van der Waals surface area contributed by atoms with Crippen LogP contribution in [0.1, 0.15) is 6.42 Å². The first-order valence-electron chi connectivity index (χ1n) is 4.34. The fraction of sp³-hybridized carbons (Fsp3) is 0.444. The molecule has 6 heteroatoms. The van der Waals surface area contributed by atoms with Crippen molar-refractivity contribution >= 4 is 29.5 Å². The van der Waals surface area contributed by atoms with E-state index in [1.165, 1.54) is 17.8 Å². The van der Waals surface area contributed by atoms with E-state index in [-0.39, 0.29) is 17.9 Å². The summed E-state index contributed by atoms with van der Waals surface area (Å²) in [6.45, 7) is 3.41. The summed E-state index contributed by atoms with van der Waals surface area (Å²) in [4.78, 5) is 34.5. The molecule has 0 aromatic carbocycles. The summed E-state index contributed by atoms with van der Waals surface area (Å²) in [5, 5.41) is 8.89. The summed E-state index contributed by atoms with van der Waals surface area (Å²) < 4.78 is 0.